The highest BCUT2D eigenvalue weighted by atomic mass is 16.3. The lowest BCUT2D eigenvalue weighted by Gasteiger charge is -2.22. The summed E-state index contributed by atoms with van der Waals surface area (Å²) in [4.78, 5) is 21.8. The fourth-order valence-electron chi connectivity index (χ4n) is 3.46. The van der Waals surface area contributed by atoms with Gasteiger partial charge in [-0.1, -0.05) is 6.92 Å². The molecular weight excluding hydrogens is 328 g/mol. The molecule has 3 aromatic heterocycles. The Labute approximate surface area is 153 Å². The summed E-state index contributed by atoms with van der Waals surface area (Å²) in [5.74, 6) is 3.25. The maximum atomic E-state index is 5.55. The van der Waals surface area contributed by atoms with Gasteiger partial charge < -0.3 is 19.2 Å². The second-order valence-electron chi connectivity index (χ2n) is 6.60. The van der Waals surface area contributed by atoms with Gasteiger partial charge in [-0.15, -0.1) is 0 Å². The molecule has 0 aromatic carbocycles. The molecule has 4 heterocycles. The van der Waals surface area contributed by atoms with Gasteiger partial charge in [0.05, 0.1) is 18.5 Å². The van der Waals surface area contributed by atoms with Gasteiger partial charge in [-0.25, -0.2) is 15.0 Å². The van der Waals surface area contributed by atoms with Gasteiger partial charge in [-0.05, 0) is 25.1 Å². The maximum absolute atomic E-state index is 5.55. The molecule has 1 N–H and O–H groups in total. The number of aromatic nitrogens is 4. The molecule has 0 atom stereocenters. The van der Waals surface area contributed by atoms with E-state index in [4.69, 9.17) is 14.4 Å². The summed E-state index contributed by atoms with van der Waals surface area (Å²) in [6, 6.07) is 3.78. The molecule has 1 aliphatic rings. The number of fused-ring (bicyclic) bond motifs is 1. The Kier molecular flexibility index (Phi) is 4.71. The Bertz CT molecular complexity index is 843. The van der Waals surface area contributed by atoms with Crippen molar-refractivity contribution >= 4 is 5.82 Å². The fourth-order valence-corrected chi connectivity index (χ4v) is 3.46. The summed E-state index contributed by atoms with van der Waals surface area (Å²) >= 11 is 0. The van der Waals surface area contributed by atoms with Gasteiger partial charge in [0.15, 0.2) is 11.6 Å². The molecule has 0 saturated heterocycles. The summed E-state index contributed by atoms with van der Waals surface area (Å²) in [6.45, 7) is 6.00. The van der Waals surface area contributed by atoms with Crippen LogP contribution in [0.4, 0.5) is 5.82 Å². The zero-order chi connectivity index (χ0) is 17.9. The van der Waals surface area contributed by atoms with E-state index in [1.54, 1.807) is 12.5 Å². The molecule has 1 aliphatic heterocycles. The van der Waals surface area contributed by atoms with Crippen molar-refractivity contribution in [2.75, 3.05) is 31.6 Å². The minimum atomic E-state index is 0.653. The number of H-pyrrole nitrogens is 1. The summed E-state index contributed by atoms with van der Waals surface area (Å²) in [5, 5.41) is 0. The topological polar surface area (TPSA) is 74.1 Å². The maximum Gasteiger partial charge on any atom is 0.197 e. The molecule has 0 unspecified atom stereocenters. The third-order valence-corrected chi connectivity index (χ3v) is 4.91. The van der Waals surface area contributed by atoms with Gasteiger partial charge in [0.25, 0.3) is 0 Å². The molecule has 7 nitrogen and oxygen atoms in total. The van der Waals surface area contributed by atoms with Crippen LogP contribution in [0.2, 0.25) is 0 Å². The van der Waals surface area contributed by atoms with Crippen LogP contribution in [0.5, 0.6) is 0 Å². The van der Waals surface area contributed by atoms with E-state index in [1.807, 2.05) is 18.3 Å². The molecule has 0 fully saturated rings. The molecule has 3 aromatic rings. The van der Waals surface area contributed by atoms with Crippen molar-refractivity contribution < 1.29 is 4.42 Å². The number of furan rings is 1. The van der Waals surface area contributed by atoms with Crippen LogP contribution in [0.15, 0.2) is 35.2 Å². The van der Waals surface area contributed by atoms with Crippen LogP contribution >= 0.6 is 0 Å². The Balaban J connectivity index is 1.74. The van der Waals surface area contributed by atoms with Gasteiger partial charge >= 0.3 is 0 Å². The van der Waals surface area contributed by atoms with Crippen LogP contribution in [-0.2, 0) is 19.4 Å². The molecule has 0 radical (unpaired) electrons. The van der Waals surface area contributed by atoms with Crippen molar-refractivity contribution in [1.82, 2.24) is 24.8 Å². The molecule has 0 spiro atoms. The second-order valence-corrected chi connectivity index (χ2v) is 6.60. The lowest BCUT2D eigenvalue weighted by atomic mass is 10.1. The van der Waals surface area contributed by atoms with Gasteiger partial charge in [0, 0.05) is 44.5 Å². The normalized spacial score (nSPS) is 14.8. The number of anilines is 1. The van der Waals surface area contributed by atoms with Crippen LogP contribution in [0, 0.1) is 0 Å². The summed E-state index contributed by atoms with van der Waals surface area (Å²) in [5.41, 5.74) is 2.37. The zero-order valence-electron chi connectivity index (χ0n) is 15.3. The SMILES string of the molecule is CCN1CCc2nc(-c3ccco3)nc(N(C)Cc3ncc[nH]3)c2CC1. The Morgan fingerprint density at radius 2 is 2.15 bits per heavy atom. The highest BCUT2D eigenvalue weighted by Crippen LogP contribution is 2.28. The summed E-state index contributed by atoms with van der Waals surface area (Å²) in [6.07, 6.45) is 7.17. The minimum Gasteiger partial charge on any atom is -0.461 e. The first-order valence-electron chi connectivity index (χ1n) is 9.10. The van der Waals surface area contributed by atoms with Crippen LogP contribution in [0.1, 0.15) is 24.0 Å². The molecule has 0 amide bonds. The molecule has 136 valence electrons. The van der Waals surface area contributed by atoms with E-state index in [9.17, 15) is 0 Å². The number of aromatic amines is 1. The number of hydrogen-bond acceptors (Lipinski definition) is 6. The van der Waals surface area contributed by atoms with Crippen molar-refractivity contribution in [1.29, 1.82) is 0 Å². The highest BCUT2D eigenvalue weighted by Gasteiger charge is 2.23. The van der Waals surface area contributed by atoms with Gasteiger partial charge in [0.2, 0.25) is 0 Å². The molecule has 26 heavy (non-hydrogen) atoms. The van der Waals surface area contributed by atoms with E-state index >= 15 is 0 Å². The molecule has 0 aliphatic carbocycles. The largest absolute Gasteiger partial charge is 0.461 e. The lowest BCUT2D eigenvalue weighted by molar-refractivity contribution is 0.303. The number of likely N-dealkylation sites (N-methyl/N-ethyl adjacent to an activating group) is 1. The monoisotopic (exact) mass is 352 g/mol. The van der Waals surface area contributed by atoms with Crippen LogP contribution < -0.4 is 4.90 Å². The quantitative estimate of drug-likeness (QED) is 0.761. The van der Waals surface area contributed by atoms with E-state index in [2.05, 4.69) is 33.7 Å². The average Bonchev–Trinajstić information content (AvgIpc) is 3.32. The first-order valence-corrected chi connectivity index (χ1v) is 9.10. The lowest BCUT2D eigenvalue weighted by Crippen LogP contribution is -2.26. The standard InChI is InChI=1S/C19H24N6O/c1-3-25-10-6-14-15(7-11-25)22-18(16-5-4-12-26-16)23-19(14)24(2)13-17-20-8-9-21-17/h4-5,8-9,12H,3,6-7,10-11,13H2,1-2H3,(H,20,21). The Morgan fingerprint density at radius 1 is 1.27 bits per heavy atom. The molecule has 4 rings (SSSR count). The Morgan fingerprint density at radius 3 is 2.88 bits per heavy atom. The third-order valence-electron chi connectivity index (χ3n) is 4.91. The number of nitrogens with one attached hydrogen (secondary N) is 1. The fraction of sp³-hybridized carbons (Fsp3) is 0.421. The van der Waals surface area contributed by atoms with E-state index in [-0.39, 0.29) is 0 Å². The van der Waals surface area contributed by atoms with Crippen LogP contribution in [0.3, 0.4) is 0 Å². The van der Waals surface area contributed by atoms with Crippen molar-refractivity contribution in [3.8, 4) is 11.6 Å². The van der Waals surface area contributed by atoms with Crippen molar-refractivity contribution in [2.45, 2.75) is 26.3 Å². The zero-order valence-corrected chi connectivity index (χ0v) is 15.3. The number of imidazole rings is 1. The van der Waals surface area contributed by atoms with E-state index in [0.29, 0.717) is 18.1 Å². The van der Waals surface area contributed by atoms with Crippen LogP contribution in [-0.4, -0.2) is 51.5 Å². The highest BCUT2D eigenvalue weighted by molar-refractivity contribution is 5.57. The summed E-state index contributed by atoms with van der Waals surface area (Å²) < 4.78 is 5.55. The minimum absolute atomic E-state index is 0.653. The second kappa shape index (κ2) is 7.29. The predicted octanol–water partition coefficient (Wildman–Crippen LogP) is 2.52. The van der Waals surface area contributed by atoms with E-state index in [0.717, 1.165) is 49.8 Å². The first-order chi connectivity index (χ1) is 12.7. The van der Waals surface area contributed by atoms with E-state index in [1.165, 1.54) is 5.56 Å². The van der Waals surface area contributed by atoms with Gasteiger partial charge in [-0.3, -0.25) is 0 Å². The van der Waals surface area contributed by atoms with Crippen molar-refractivity contribution in [2.24, 2.45) is 0 Å². The number of hydrogen-bond donors (Lipinski definition) is 1. The van der Waals surface area contributed by atoms with Gasteiger partial charge in [0.1, 0.15) is 11.6 Å². The van der Waals surface area contributed by atoms with E-state index < -0.39 is 0 Å². The average molecular weight is 352 g/mol. The Hall–Kier alpha value is -2.67. The summed E-state index contributed by atoms with van der Waals surface area (Å²) in [7, 11) is 2.06. The third kappa shape index (κ3) is 3.35. The molecule has 7 heteroatoms. The molecular formula is C19H24N6O. The van der Waals surface area contributed by atoms with Gasteiger partial charge in [-0.2, -0.15) is 0 Å². The number of nitrogens with zero attached hydrogens (tertiary/aromatic N) is 5. The smallest absolute Gasteiger partial charge is 0.197 e. The van der Waals surface area contributed by atoms with Crippen molar-refractivity contribution in [3.05, 3.63) is 47.9 Å². The molecule has 0 saturated carbocycles. The first kappa shape index (κ1) is 16.8. The predicted molar refractivity (Wildman–Crippen MR) is 100.0 cm³/mol. The number of rotatable bonds is 5. The molecule has 0 bridgehead atoms. The van der Waals surface area contributed by atoms with Crippen LogP contribution in [0.25, 0.3) is 11.6 Å². The van der Waals surface area contributed by atoms with Crippen molar-refractivity contribution in [3.63, 3.8) is 0 Å².